The van der Waals surface area contributed by atoms with Gasteiger partial charge in [0.25, 0.3) is 5.91 Å². The number of carboxylic acid groups (broad SMARTS) is 1. The Balaban J connectivity index is 1.69. The third-order valence-corrected chi connectivity index (χ3v) is 5.66. The number of carbonyl (C=O) groups is 2. The van der Waals surface area contributed by atoms with Gasteiger partial charge in [-0.3, -0.25) is 9.69 Å². The molecule has 0 aliphatic carbocycles. The fourth-order valence-corrected chi connectivity index (χ4v) is 4.33. The van der Waals surface area contributed by atoms with Crippen LogP contribution in [0.25, 0.3) is 17.0 Å². The van der Waals surface area contributed by atoms with E-state index in [1.165, 1.54) is 0 Å². The standard InChI is InChI=1S/C21H14N2O3S2/c24-19-17(12-15-11-10-13-6-4-5-9-16(13)22-15)28-21(27)23(19)18(20(25)26)14-7-2-1-3-8-14/h1-12,18H,(H,25,26)/b17-12+. The van der Waals surface area contributed by atoms with Gasteiger partial charge in [-0.1, -0.05) is 78.6 Å². The molecule has 1 N–H and O–H groups in total. The van der Waals surface area contributed by atoms with Gasteiger partial charge >= 0.3 is 5.97 Å². The van der Waals surface area contributed by atoms with Gasteiger partial charge in [-0.2, -0.15) is 0 Å². The van der Waals surface area contributed by atoms with E-state index in [-0.39, 0.29) is 4.32 Å². The Morgan fingerprint density at radius 2 is 1.79 bits per heavy atom. The van der Waals surface area contributed by atoms with Crippen LogP contribution in [0.2, 0.25) is 0 Å². The van der Waals surface area contributed by atoms with Crippen molar-refractivity contribution in [3.05, 3.63) is 82.9 Å². The summed E-state index contributed by atoms with van der Waals surface area (Å²) in [5.41, 5.74) is 1.93. The highest BCUT2D eigenvalue weighted by atomic mass is 32.2. The maximum Gasteiger partial charge on any atom is 0.331 e. The summed E-state index contributed by atoms with van der Waals surface area (Å²) in [6.07, 6.45) is 1.65. The summed E-state index contributed by atoms with van der Waals surface area (Å²) in [4.78, 5) is 30.9. The normalized spacial score (nSPS) is 16.7. The zero-order valence-corrected chi connectivity index (χ0v) is 16.1. The zero-order valence-electron chi connectivity index (χ0n) is 14.5. The number of carboxylic acids is 1. The monoisotopic (exact) mass is 406 g/mol. The third kappa shape index (κ3) is 3.42. The van der Waals surface area contributed by atoms with Gasteiger partial charge in [0.2, 0.25) is 0 Å². The Labute approximate surface area is 170 Å². The minimum atomic E-state index is -1.16. The fraction of sp³-hybridized carbons (Fsp3) is 0.0476. The average molecular weight is 406 g/mol. The van der Waals surface area contributed by atoms with Crippen LogP contribution in [0.15, 0.2) is 71.6 Å². The summed E-state index contributed by atoms with van der Waals surface area (Å²) >= 11 is 6.41. The number of carbonyl (C=O) groups excluding carboxylic acids is 1. The summed E-state index contributed by atoms with van der Waals surface area (Å²) in [6.45, 7) is 0. The second-order valence-corrected chi connectivity index (χ2v) is 7.81. The van der Waals surface area contributed by atoms with E-state index in [9.17, 15) is 14.7 Å². The van der Waals surface area contributed by atoms with Crippen molar-refractivity contribution in [2.75, 3.05) is 0 Å². The molecule has 2 aromatic carbocycles. The predicted molar refractivity (Wildman–Crippen MR) is 114 cm³/mol. The average Bonchev–Trinajstić information content (AvgIpc) is 2.96. The van der Waals surface area contributed by atoms with Gasteiger partial charge in [-0.05, 0) is 23.8 Å². The van der Waals surface area contributed by atoms with Crippen LogP contribution in [-0.2, 0) is 9.59 Å². The van der Waals surface area contributed by atoms with Crippen LogP contribution in [0.1, 0.15) is 17.3 Å². The number of pyridine rings is 1. The zero-order chi connectivity index (χ0) is 19.7. The molecular formula is C21H14N2O3S2. The number of amides is 1. The largest absolute Gasteiger partial charge is 0.479 e. The summed E-state index contributed by atoms with van der Waals surface area (Å²) < 4.78 is 0.216. The Bertz CT molecular complexity index is 1130. The van der Waals surface area contributed by atoms with Crippen LogP contribution in [-0.4, -0.2) is 31.2 Å². The van der Waals surface area contributed by atoms with Crippen LogP contribution in [0.3, 0.4) is 0 Å². The lowest BCUT2D eigenvalue weighted by Crippen LogP contribution is -2.37. The Hall–Kier alpha value is -3.03. The SMILES string of the molecule is O=C(O)C(c1ccccc1)N1C(=O)/C(=C\c2ccc3ccccc3n2)SC1=S. The van der Waals surface area contributed by atoms with Gasteiger partial charge in [0.05, 0.1) is 16.1 Å². The number of thiocarbonyl (C=S) groups is 1. The van der Waals surface area contributed by atoms with Crippen molar-refractivity contribution in [1.29, 1.82) is 0 Å². The first-order chi connectivity index (χ1) is 13.5. The number of fused-ring (bicyclic) bond motifs is 1. The van der Waals surface area contributed by atoms with Crippen LogP contribution >= 0.6 is 24.0 Å². The molecular weight excluding hydrogens is 392 g/mol. The van der Waals surface area contributed by atoms with E-state index < -0.39 is 17.9 Å². The van der Waals surface area contributed by atoms with Crippen molar-refractivity contribution in [3.63, 3.8) is 0 Å². The lowest BCUT2D eigenvalue weighted by Gasteiger charge is -2.23. The fourth-order valence-electron chi connectivity index (χ4n) is 3.04. The van der Waals surface area contributed by atoms with Crippen LogP contribution in [0, 0.1) is 0 Å². The summed E-state index contributed by atoms with van der Waals surface area (Å²) in [5.74, 6) is -1.56. The van der Waals surface area contributed by atoms with Gasteiger partial charge in [0.15, 0.2) is 6.04 Å². The number of nitrogens with zero attached hydrogens (tertiary/aromatic N) is 2. The quantitative estimate of drug-likeness (QED) is 0.516. The molecule has 0 spiro atoms. The first-order valence-electron chi connectivity index (χ1n) is 8.45. The molecule has 0 saturated carbocycles. The molecule has 1 aliphatic heterocycles. The molecule has 7 heteroatoms. The maximum absolute atomic E-state index is 13.0. The van der Waals surface area contributed by atoms with Gasteiger partial charge < -0.3 is 5.11 Å². The molecule has 5 nitrogen and oxygen atoms in total. The first kappa shape index (κ1) is 18.3. The molecule has 2 heterocycles. The van der Waals surface area contributed by atoms with Gasteiger partial charge in [-0.25, -0.2) is 9.78 Å². The number of hydrogen-bond donors (Lipinski definition) is 1. The lowest BCUT2D eigenvalue weighted by atomic mass is 10.1. The molecule has 1 aliphatic rings. The molecule has 28 heavy (non-hydrogen) atoms. The Morgan fingerprint density at radius 1 is 1.07 bits per heavy atom. The molecule has 1 fully saturated rings. The van der Waals surface area contributed by atoms with E-state index >= 15 is 0 Å². The topological polar surface area (TPSA) is 70.5 Å². The van der Waals surface area contributed by atoms with Crippen molar-refractivity contribution in [3.8, 4) is 0 Å². The van der Waals surface area contributed by atoms with Crippen molar-refractivity contribution in [1.82, 2.24) is 9.88 Å². The molecule has 1 atom stereocenters. The highest BCUT2D eigenvalue weighted by molar-refractivity contribution is 8.26. The minimum Gasteiger partial charge on any atom is -0.479 e. The molecule has 1 aromatic heterocycles. The van der Waals surface area contributed by atoms with Crippen molar-refractivity contribution in [2.45, 2.75) is 6.04 Å². The lowest BCUT2D eigenvalue weighted by molar-refractivity contribution is -0.145. The predicted octanol–water partition coefficient (Wildman–Crippen LogP) is 4.26. The summed E-state index contributed by atoms with van der Waals surface area (Å²) in [6, 6.07) is 18.9. The second kappa shape index (κ2) is 7.53. The van der Waals surface area contributed by atoms with E-state index in [0.29, 0.717) is 16.2 Å². The van der Waals surface area contributed by atoms with E-state index in [1.54, 1.807) is 36.4 Å². The van der Waals surface area contributed by atoms with Crippen LogP contribution < -0.4 is 0 Å². The third-order valence-electron chi connectivity index (χ3n) is 4.33. The molecule has 1 saturated heterocycles. The maximum atomic E-state index is 13.0. The number of aliphatic carboxylic acids is 1. The number of rotatable bonds is 4. The smallest absolute Gasteiger partial charge is 0.331 e. The molecule has 138 valence electrons. The number of benzene rings is 2. The molecule has 0 radical (unpaired) electrons. The Morgan fingerprint density at radius 3 is 2.54 bits per heavy atom. The number of thioether (sulfide) groups is 1. The molecule has 1 amide bonds. The van der Waals surface area contributed by atoms with E-state index in [0.717, 1.165) is 27.6 Å². The van der Waals surface area contributed by atoms with Gasteiger partial charge in [0, 0.05) is 5.39 Å². The van der Waals surface area contributed by atoms with Crippen molar-refractivity contribution < 1.29 is 14.7 Å². The van der Waals surface area contributed by atoms with E-state index in [2.05, 4.69) is 4.98 Å². The summed E-state index contributed by atoms with van der Waals surface area (Å²) in [5, 5.41) is 10.7. The van der Waals surface area contributed by atoms with Gasteiger partial charge in [0.1, 0.15) is 4.32 Å². The second-order valence-electron chi connectivity index (χ2n) is 6.13. The van der Waals surface area contributed by atoms with Crippen LogP contribution in [0.4, 0.5) is 0 Å². The molecule has 0 bridgehead atoms. The number of aromatic nitrogens is 1. The minimum absolute atomic E-state index is 0.216. The Kier molecular flexibility index (Phi) is 4.93. The van der Waals surface area contributed by atoms with Crippen LogP contribution in [0.5, 0.6) is 0 Å². The molecule has 1 unspecified atom stereocenters. The number of hydrogen-bond acceptors (Lipinski definition) is 5. The summed E-state index contributed by atoms with van der Waals surface area (Å²) in [7, 11) is 0. The van der Waals surface area contributed by atoms with Gasteiger partial charge in [-0.15, -0.1) is 0 Å². The highest BCUT2D eigenvalue weighted by Gasteiger charge is 2.41. The number of para-hydroxylation sites is 1. The molecule has 3 aromatic rings. The van der Waals surface area contributed by atoms with E-state index in [1.807, 2.05) is 36.4 Å². The van der Waals surface area contributed by atoms with Crippen molar-refractivity contribution in [2.24, 2.45) is 0 Å². The van der Waals surface area contributed by atoms with E-state index in [4.69, 9.17) is 12.2 Å². The highest BCUT2D eigenvalue weighted by Crippen LogP contribution is 2.38. The van der Waals surface area contributed by atoms with Crippen molar-refractivity contribution >= 4 is 57.2 Å². The first-order valence-corrected chi connectivity index (χ1v) is 9.68. The molecule has 4 rings (SSSR count).